The summed E-state index contributed by atoms with van der Waals surface area (Å²) in [6.07, 6.45) is 2.31. The molecule has 0 unspecified atom stereocenters. The van der Waals surface area contributed by atoms with Gasteiger partial charge in [-0.25, -0.2) is 0 Å². The summed E-state index contributed by atoms with van der Waals surface area (Å²) in [5, 5.41) is 14.7. The second-order valence-corrected chi connectivity index (χ2v) is 0.285. The van der Waals surface area contributed by atoms with E-state index in [2.05, 4.69) is 4.74 Å². The molecule has 0 atom stereocenters. The van der Waals surface area contributed by atoms with Gasteiger partial charge in [0.2, 0.25) is 0 Å². The van der Waals surface area contributed by atoms with Crippen molar-refractivity contribution in [2.75, 3.05) is 0 Å². The van der Waals surface area contributed by atoms with Gasteiger partial charge in [-0.1, -0.05) is 13.8 Å². The van der Waals surface area contributed by atoms with E-state index >= 15 is 0 Å². The quantitative estimate of drug-likeness (QED) is 0.424. The Kier molecular flexibility index (Phi) is 28.5. The van der Waals surface area contributed by atoms with E-state index in [1.54, 1.807) is 0 Å². The van der Waals surface area contributed by atoms with Gasteiger partial charge < -0.3 is 4.74 Å². The topological polar surface area (TPSA) is 56.8 Å². The predicted molar refractivity (Wildman–Crippen MR) is 23.7 cm³/mol. The van der Waals surface area contributed by atoms with Crippen LogP contribution in [0.15, 0.2) is 0 Å². The summed E-state index contributed by atoms with van der Waals surface area (Å²) in [4.78, 5) is 0. The molecule has 0 aromatic carbocycles. The van der Waals surface area contributed by atoms with Gasteiger partial charge in [-0.15, -0.1) is 10.5 Å². The first-order valence-electron chi connectivity index (χ1n) is 1.86. The van der Waals surface area contributed by atoms with Crippen LogP contribution in [0.5, 0.6) is 0 Å². The van der Waals surface area contributed by atoms with E-state index in [4.69, 9.17) is 10.5 Å². The Labute approximate surface area is 42.7 Å². The third-order valence-electron chi connectivity index (χ3n) is 0.0913. The van der Waals surface area contributed by atoms with Crippen LogP contribution in [0.25, 0.3) is 0 Å². The maximum Gasteiger partial charge on any atom is 0.303 e. The first-order chi connectivity index (χ1) is 3.41. The highest BCUT2D eigenvalue weighted by atomic mass is 16.5. The van der Waals surface area contributed by atoms with Gasteiger partial charge in [0.1, 0.15) is 0 Å². The molecule has 7 heavy (non-hydrogen) atoms. The van der Waals surface area contributed by atoms with E-state index in [-0.39, 0.29) is 0 Å². The van der Waals surface area contributed by atoms with Crippen molar-refractivity contribution in [3.8, 4) is 12.5 Å². The minimum atomic E-state index is 1.16. The van der Waals surface area contributed by atoms with Crippen LogP contribution in [0, 0.1) is 23.0 Å². The molecule has 0 rings (SSSR count). The highest BCUT2D eigenvalue weighted by Gasteiger charge is 1.57. The van der Waals surface area contributed by atoms with Gasteiger partial charge in [0.15, 0.2) is 0 Å². The highest BCUT2D eigenvalue weighted by molar-refractivity contribution is 4.58. The molecule has 0 aliphatic heterocycles. The maximum absolute atomic E-state index is 7.37. The summed E-state index contributed by atoms with van der Waals surface area (Å²) < 4.78 is 3.44. The van der Waals surface area contributed by atoms with Gasteiger partial charge >= 0.3 is 12.5 Å². The highest BCUT2D eigenvalue weighted by Crippen LogP contribution is 1.50. The van der Waals surface area contributed by atoms with Crippen LogP contribution in [-0.2, 0) is 4.74 Å². The van der Waals surface area contributed by atoms with Crippen LogP contribution in [0.4, 0.5) is 0 Å². The number of nitrogens with zero attached hydrogens (tertiary/aromatic N) is 2. The van der Waals surface area contributed by atoms with Crippen LogP contribution in [-0.4, -0.2) is 0 Å². The molecular formula is C4H6N2O. The Morgan fingerprint density at radius 2 is 1.43 bits per heavy atom. The van der Waals surface area contributed by atoms with Gasteiger partial charge in [-0.3, -0.25) is 0 Å². The molecule has 0 heterocycles. The Balaban J connectivity index is 0. The largest absolute Gasteiger partial charge is 0.308 e. The van der Waals surface area contributed by atoms with Gasteiger partial charge in [0.25, 0.3) is 0 Å². The number of hydrogen-bond donors (Lipinski definition) is 0. The maximum atomic E-state index is 7.37. The molecule has 0 amide bonds. The van der Waals surface area contributed by atoms with Crippen LogP contribution < -0.4 is 0 Å². The van der Waals surface area contributed by atoms with Crippen molar-refractivity contribution >= 4 is 0 Å². The van der Waals surface area contributed by atoms with Gasteiger partial charge in [-0.2, -0.15) is 0 Å². The lowest BCUT2D eigenvalue weighted by Crippen LogP contribution is -1.55. The monoisotopic (exact) mass is 98.0 g/mol. The van der Waals surface area contributed by atoms with Crippen molar-refractivity contribution in [2.24, 2.45) is 0 Å². The zero-order chi connectivity index (χ0) is 6.12. The number of hydrogen-bond acceptors (Lipinski definition) is 3. The molecule has 0 spiro atoms. The summed E-state index contributed by atoms with van der Waals surface area (Å²) >= 11 is 0. The SMILES string of the molecule is CC.N#COC#N. The van der Waals surface area contributed by atoms with E-state index in [1.165, 1.54) is 0 Å². The molecule has 38 valence electrons. The Hall–Kier alpha value is -1.22. The molecule has 0 fully saturated rings. The van der Waals surface area contributed by atoms with Crippen LogP contribution in [0.3, 0.4) is 0 Å². The minimum Gasteiger partial charge on any atom is -0.308 e. The molecule has 0 aromatic rings. The summed E-state index contributed by atoms with van der Waals surface area (Å²) in [5.74, 6) is 0. The van der Waals surface area contributed by atoms with Crippen molar-refractivity contribution in [1.82, 2.24) is 0 Å². The summed E-state index contributed by atoms with van der Waals surface area (Å²) in [6.45, 7) is 4.00. The molecule has 0 bridgehead atoms. The fourth-order valence-corrected chi connectivity index (χ4v) is 0.0204. The Morgan fingerprint density at radius 1 is 1.14 bits per heavy atom. The van der Waals surface area contributed by atoms with Gasteiger partial charge in [0, 0.05) is 0 Å². The molecule has 0 aliphatic rings. The van der Waals surface area contributed by atoms with Crippen molar-refractivity contribution in [1.29, 1.82) is 10.5 Å². The molecule has 0 N–H and O–H groups in total. The molecule has 3 nitrogen and oxygen atoms in total. The summed E-state index contributed by atoms with van der Waals surface area (Å²) in [6, 6.07) is 0. The van der Waals surface area contributed by atoms with E-state index in [9.17, 15) is 0 Å². The normalized spacial score (nSPS) is 3.43. The van der Waals surface area contributed by atoms with Gasteiger partial charge in [-0.05, 0) is 0 Å². The fraction of sp³-hybridized carbons (Fsp3) is 0.500. The molecule has 0 aromatic heterocycles. The third kappa shape index (κ3) is 60.7. The number of ether oxygens (including phenoxy) is 1. The molecule has 0 radical (unpaired) electrons. The smallest absolute Gasteiger partial charge is 0.303 e. The van der Waals surface area contributed by atoms with Crippen molar-refractivity contribution in [3.05, 3.63) is 0 Å². The van der Waals surface area contributed by atoms with Crippen LogP contribution in [0.2, 0.25) is 0 Å². The summed E-state index contributed by atoms with van der Waals surface area (Å²) in [7, 11) is 0. The zero-order valence-electron chi connectivity index (χ0n) is 4.30. The summed E-state index contributed by atoms with van der Waals surface area (Å²) in [5.41, 5.74) is 0. The van der Waals surface area contributed by atoms with Gasteiger partial charge in [0.05, 0.1) is 0 Å². The lowest BCUT2D eigenvalue weighted by molar-refractivity contribution is 0.455. The van der Waals surface area contributed by atoms with Crippen LogP contribution in [0.1, 0.15) is 13.8 Å². The van der Waals surface area contributed by atoms with E-state index < -0.39 is 0 Å². The lowest BCUT2D eigenvalue weighted by Gasteiger charge is -1.55. The fourth-order valence-electron chi connectivity index (χ4n) is 0.0204. The molecule has 0 saturated heterocycles. The number of rotatable bonds is 0. The Bertz CT molecular complexity index is 74.8. The van der Waals surface area contributed by atoms with E-state index in [1.807, 2.05) is 13.8 Å². The van der Waals surface area contributed by atoms with Crippen molar-refractivity contribution < 1.29 is 4.74 Å². The predicted octanol–water partition coefficient (Wildman–Crippen LogP) is 0.991. The standard InChI is InChI=1S/C2N2O.C2H6/c3-1-5-2-4;1-2/h;1-2H3. The van der Waals surface area contributed by atoms with Crippen molar-refractivity contribution in [2.45, 2.75) is 13.8 Å². The second kappa shape index (κ2) is 21.6. The molecule has 0 saturated carbocycles. The molecule has 0 aliphatic carbocycles. The third-order valence-corrected chi connectivity index (χ3v) is 0.0913. The van der Waals surface area contributed by atoms with E-state index in [0.717, 1.165) is 12.5 Å². The van der Waals surface area contributed by atoms with Crippen molar-refractivity contribution in [3.63, 3.8) is 0 Å². The van der Waals surface area contributed by atoms with Crippen LogP contribution >= 0.6 is 0 Å². The minimum absolute atomic E-state index is 1.16. The first kappa shape index (κ1) is 9.24. The average molecular weight is 98.1 g/mol. The first-order valence-corrected chi connectivity index (χ1v) is 1.86. The second-order valence-electron chi connectivity index (χ2n) is 0.285. The van der Waals surface area contributed by atoms with E-state index in [0.29, 0.717) is 0 Å². The lowest BCUT2D eigenvalue weighted by atomic mass is 11.0. The average Bonchev–Trinajstić information content (AvgIpc) is 1.75. The molecule has 3 heteroatoms. The number of nitriles is 2. The zero-order valence-corrected chi connectivity index (χ0v) is 4.30. The Morgan fingerprint density at radius 3 is 1.43 bits per heavy atom. The molecular weight excluding hydrogens is 92.1 g/mol.